The summed E-state index contributed by atoms with van der Waals surface area (Å²) in [6.45, 7) is 6.90. The van der Waals surface area contributed by atoms with Crippen molar-refractivity contribution in [3.8, 4) is 5.69 Å². The first-order valence-corrected chi connectivity index (χ1v) is 13.1. The average molecular weight is 479 g/mol. The first-order chi connectivity index (χ1) is 15.8. The van der Waals surface area contributed by atoms with E-state index >= 15 is 0 Å². The summed E-state index contributed by atoms with van der Waals surface area (Å²) >= 11 is 3.07. The number of thiophene rings is 1. The van der Waals surface area contributed by atoms with Gasteiger partial charge < -0.3 is 0 Å². The molecule has 1 aliphatic rings. The number of benzene rings is 2. The quantitative estimate of drug-likeness (QED) is 0.233. The first-order valence-electron chi connectivity index (χ1n) is 11.3. The molecular weight excluding hydrogens is 451 g/mol. The van der Waals surface area contributed by atoms with Crippen molar-refractivity contribution in [1.29, 1.82) is 0 Å². The van der Waals surface area contributed by atoms with Gasteiger partial charge in [-0.1, -0.05) is 68.9 Å². The Morgan fingerprint density at radius 3 is 2.58 bits per heavy atom. The van der Waals surface area contributed by atoms with Crippen LogP contribution in [-0.2, 0) is 18.6 Å². The van der Waals surface area contributed by atoms with Crippen LogP contribution < -0.4 is 5.56 Å². The highest BCUT2D eigenvalue weighted by Crippen LogP contribution is 2.42. The summed E-state index contributed by atoms with van der Waals surface area (Å²) in [5.41, 5.74) is 2.80. The van der Waals surface area contributed by atoms with Gasteiger partial charge in [0.1, 0.15) is 10.6 Å². The minimum atomic E-state index is -0.237. The molecule has 2 heterocycles. The van der Waals surface area contributed by atoms with Gasteiger partial charge in [-0.05, 0) is 59.9 Å². The Hall–Kier alpha value is -2.44. The zero-order valence-electron chi connectivity index (χ0n) is 19.1. The first kappa shape index (κ1) is 22.4. The molecule has 0 N–H and O–H groups in total. The third-order valence-corrected chi connectivity index (χ3v) is 8.74. The Labute approximate surface area is 201 Å². The fourth-order valence-electron chi connectivity index (χ4n) is 4.60. The van der Waals surface area contributed by atoms with Crippen molar-refractivity contribution >= 4 is 33.3 Å². The monoisotopic (exact) mass is 478 g/mol. The van der Waals surface area contributed by atoms with E-state index in [1.54, 1.807) is 28.0 Å². The molecule has 170 valence electrons. The molecule has 0 spiro atoms. The van der Waals surface area contributed by atoms with Crippen molar-refractivity contribution < 1.29 is 4.39 Å². The summed E-state index contributed by atoms with van der Waals surface area (Å²) < 4.78 is 15.9. The van der Waals surface area contributed by atoms with Gasteiger partial charge >= 0.3 is 0 Å². The maximum Gasteiger partial charge on any atom is 0.267 e. The summed E-state index contributed by atoms with van der Waals surface area (Å²) in [4.78, 5) is 21.0. The molecule has 2 aromatic heterocycles. The highest BCUT2D eigenvalue weighted by molar-refractivity contribution is 7.98. The van der Waals surface area contributed by atoms with Crippen LogP contribution in [0, 0.1) is 17.2 Å². The number of hydrogen-bond acceptors (Lipinski definition) is 4. The molecule has 0 bridgehead atoms. The third-order valence-electron chi connectivity index (χ3n) is 6.61. The van der Waals surface area contributed by atoms with Gasteiger partial charge in [-0.2, -0.15) is 0 Å². The van der Waals surface area contributed by atoms with Crippen molar-refractivity contribution in [1.82, 2.24) is 9.55 Å². The maximum atomic E-state index is 14.2. The van der Waals surface area contributed by atoms with Crippen LogP contribution in [0.25, 0.3) is 15.9 Å². The summed E-state index contributed by atoms with van der Waals surface area (Å²) in [6, 6.07) is 16.4. The number of hydrogen-bond donors (Lipinski definition) is 0. The van der Waals surface area contributed by atoms with Crippen LogP contribution in [0.1, 0.15) is 43.2 Å². The van der Waals surface area contributed by atoms with Crippen LogP contribution in [0.4, 0.5) is 4.39 Å². The van der Waals surface area contributed by atoms with Crippen molar-refractivity contribution in [2.45, 2.75) is 50.9 Å². The van der Waals surface area contributed by atoms with E-state index in [0.717, 1.165) is 35.2 Å². The second-order valence-corrected chi connectivity index (χ2v) is 11.8. The maximum absolute atomic E-state index is 14.2. The SMILES string of the molecule is CC(C)(C)C1CCc2c(sc3nc(SCc4ccccc4F)n(-c4ccccc4)c(=O)c23)C1. The lowest BCUT2D eigenvalue weighted by Crippen LogP contribution is -2.27. The Bertz CT molecular complexity index is 1370. The molecular formula is C27H27FN2OS2. The minimum absolute atomic E-state index is 0.0195. The highest BCUT2D eigenvalue weighted by atomic mass is 32.2. The van der Waals surface area contributed by atoms with Gasteiger partial charge in [0.2, 0.25) is 0 Å². The van der Waals surface area contributed by atoms with Gasteiger partial charge in [-0.3, -0.25) is 9.36 Å². The fourth-order valence-corrected chi connectivity index (χ4v) is 6.94. The minimum Gasteiger partial charge on any atom is -0.268 e. The molecule has 0 amide bonds. The lowest BCUT2D eigenvalue weighted by atomic mass is 9.72. The average Bonchev–Trinajstić information content (AvgIpc) is 3.16. The molecule has 1 aliphatic carbocycles. The molecule has 0 radical (unpaired) electrons. The number of nitrogens with zero attached hydrogens (tertiary/aromatic N) is 2. The molecule has 4 aromatic rings. The van der Waals surface area contributed by atoms with Crippen LogP contribution in [0.15, 0.2) is 64.5 Å². The zero-order valence-corrected chi connectivity index (χ0v) is 20.7. The lowest BCUT2D eigenvalue weighted by molar-refractivity contribution is 0.218. The smallest absolute Gasteiger partial charge is 0.267 e. The van der Waals surface area contributed by atoms with Crippen LogP contribution in [0.5, 0.6) is 0 Å². The molecule has 0 saturated heterocycles. The molecule has 0 aliphatic heterocycles. The van der Waals surface area contributed by atoms with E-state index in [9.17, 15) is 9.18 Å². The molecule has 3 nitrogen and oxygen atoms in total. The van der Waals surface area contributed by atoms with Crippen molar-refractivity contribution in [3.63, 3.8) is 0 Å². The molecule has 6 heteroatoms. The number of thioether (sulfide) groups is 1. The second-order valence-electron chi connectivity index (χ2n) is 9.74. The van der Waals surface area contributed by atoms with E-state index in [1.165, 1.54) is 28.3 Å². The standard InChI is InChI=1S/C27H27FN2OS2/c1-27(2,3)18-13-14-20-22(15-18)33-24-23(20)25(31)30(19-10-5-4-6-11-19)26(29-24)32-16-17-9-7-8-12-21(17)28/h4-12,18H,13-16H2,1-3H3. The number of aromatic nitrogens is 2. The second kappa shape index (κ2) is 8.73. The van der Waals surface area contributed by atoms with Gasteiger partial charge in [-0.25, -0.2) is 9.37 Å². The Kier molecular flexibility index (Phi) is 5.91. The van der Waals surface area contributed by atoms with E-state index in [4.69, 9.17) is 4.98 Å². The summed E-state index contributed by atoms with van der Waals surface area (Å²) in [6.07, 6.45) is 3.02. The predicted molar refractivity (Wildman–Crippen MR) is 136 cm³/mol. The molecule has 1 atom stereocenters. The van der Waals surface area contributed by atoms with Crippen LogP contribution in [0.3, 0.4) is 0 Å². The topological polar surface area (TPSA) is 34.9 Å². The summed E-state index contributed by atoms with van der Waals surface area (Å²) in [5.74, 6) is 0.776. The number of aryl methyl sites for hydroxylation is 1. The van der Waals surface area contributed by atoms with Crippen molar-refractivity contribution in [2.24, 2.45) is 11.3 Å². The Morgan fingerprint density at radius 1 is 1.12 bits per heavy atom. The van der Waals surface area contributed by atoms with Crippen LogP contribution >= 0.6 is 23.1 Å². The number of rotatable bonds is 4. The molecule has 33 heavy (non-hydrogen) atoms. The summed E-state index contributed by atoms with van der Waals surface area (Å²) in [5, 5.41) is 1.37. The Morgan fingerprint density at radius 2 is 1.85 bits per heavy atom. The largest absolute Gasteiger partial charge is 0.268 e. The number of halogens is 1. The Balaban J connectivity index is 1.63. The molecule has 0 fully saturated rings. The van der Waals surface area contributed by atoms with Crippen LogP contribution in [0.2, 0.25) is 0 Å². The third kappa shape index (κ3) is 4.26. The van der Waals surface area contributed by atoms with Gasteiger partial charge in [0.25, 0.3) is 5.56 Å². The zero-order chi connectivity index (χ0) is 23.2. The molecule has 0 saturated carbocycles. The van der Waals surface area contributed by atoms with E-state index < -0.39 is 0 Å². The number of fused-ring (bicyclic) bond motifs is 3. The van der Waals surface area contributed by atoms with E-state index in [-0.39, 0.29) is 16.8 Å². The van der Waals surface area contributed by atoms with Gasteiger partial charge in [-0.15, -0.1) is 11.3 Å². The highest BCUT2D eigenvalue weighted by Gasteiger charge is 2.32. The fraction of sp³-hybridized carbons (Fsp3) is 0.333. The van der Waals surface area contributed by atoms with Gasteiger partial charge in [0.05, 0.1) is 11.1 Å². The van der Waals surface area contributed by atoms with Crippen molar-refractivity contribution in [3.05, 3.63) is 86.8 Å². The summed E-state index contributed by atoms with van der Waals surface area (Å²) in [7, 11) is 0. The normalized spacial score (nSPS) is 16.2. The van der Waals surface area contributed by atoms with E-state index in [0.29, 0.717) is 22.4 Å². The number of para-hydroxylation sites is 1. The molecule has 2 aromatic carbocycles. The molecule has 5 rings (SSSR count). The van der Waals surface area contributed by atoms with Crippen LogP contribution in [-0.4, -0.2) is 9.55 Å². The van der Waals surface area contributed by atoms with E-state index in [1.807, 2.05) is 36.4 Å². The van der Waals surface area contributed by atoms with Gasteiger partial charge in [0.15, 0.2) is 5.16 Å². The van der Waals surface area contributed by atoms with Gasteiger partial charge in [0, 0.05) is 10.6 Å². The van der Waals surface area contributed by atoms with E-state index in [2.05, 4.69) is 20.8 Å². The molecule has 1 unspecified atom stereocenters. The lowest BCUT2D eigenvalue weighted by Gasteiger charge is -2.33. The van der Waals surface area contributed by atoms with Crippen molar-refractivity contribution in [2.75, 3.05) is 0 Å². The predicted octanol–water partition coefficient (Wildman–Crippen LogP) is 7.03.